The van der Waals surface area contributed by atoms with E-state index in [1.54, 1.807) is 18.2 Å². The number of phenolic OH excluding ortho intramolecular Hbond substituents is 1. The van der Waals surface area contributed by atoms with Crippen molar-refractivity contribution in [3.63, 3.8) is 0 Å². The van der Waals surface area contributed by atoms with Gasteiger partial charge < -0.3 is 14.4 Å². The van der Waals surface area contributed by atoms with E-state index in [-0.39, 0.29) is 11.7 Å². The highest BCUT2D eigenvalue weighted by atomic mass is 16.5. The molecule has 5 heteroatoms. The summed E-state index contributed by atoms with van der Waals surface area (Å²) < 4.78 is 10.3. The Morgan fingerprint density at radius 3 is 2.89 bits per heavy atom. The van der Waals surface area contributed by atoms with Crippen LogP contribution >= 0.6 is 0 Å². The molecule has 1 unspecified atom stereocenters. The molecule has 0 spiro atoms. The van der Waals surface area contributed by atoms with E-state index in [9.17, 15) is 5.11 Å². The van der Waals surface area contributed by atoms with Crippen molar-refractivity contribution in [1.82, 2.24) is 10.1 Å². The summed E-state index contributed by atoms with van der Waals surface area (Å²) in [5.74, 6) is 1.86. The summed E-state index contributed by atoms with van der Waals surface area (Å²) in [7, 11) is 1.50. The van der Waals surface area contributed by atoms with Gasteiger partial charge in [-0.3, -0.25) is 0 Å². The summed E-state index contributed by atoms with van der Waals surface area (Å²) in [5, 5.41) is 13.5. The van der Waals surface area contributed by atoms with Crippen LogP contribution in [0.25, 0.3) is 11.5 Å². The van der Waals surface area contributed by atoms with Gasteiger partial charge in [-0.25, -0.2) is 0 Å². The molecule has 1 aromatic carbocycles. The second kappa shape index (κ2) is 5.08. The van der Waals surface area contributed by atoms with Gasteiger partial charge in [0.1, 0.15) is 0 Å². The van der Waals surface area contributed by atoms with E-state index in [0.29, 0.717) is 17.5 Å². The second-order valence-corrected chi connectivity index (χ2v) is 4.15. The summed E-state index contributed by atoms with van der Waals surface area (Å²) in [6, 6.07) is 4.93. The average molecular weight is 248 g/mol. The largest absolute Gasteiger partial charge is 0.504 e. The predicted molar refractivity (Wildman–Crippen MR) is 66.7 cm³/mol. The number of aromatic hydroxyl groups is 1. The Kier molecular flexibility index (Phi) is 3.50. The van der Waals surface area contributed by atoms with Crippen molar-refractivity contribution in [3.8, 4) is 23.0 Å². The third kappa shape index (κ3) is 2.30. The van der Waals surface area contributed by atoms with Gasteiger partial charge in [0.05, 0.1) is 7.11 Å². The lowest BCUT2D eigenvalue weighted by atomic mass is 10.1. The Morgan fingerprint density at radius 1 is 1.44 bits per heavy atom. The van der Waals surface area contributed by atoms with Crippen LogP contribution in [0.15, 0.2) is 22.7 Å². The molecule has 0 aliphatic rings. The first-order valence-corrected chi connectivity index (χ1v) is 5.86. The van der Waals surface area contributed by atoms with Crippen molar-refractivity contribution in [1.29, 1.82) is 0 Å². The van der Waals surface area contributed by atoms with Crippen LogP contribution in [0.5, 0.6) is 11.5 Å². The van der Waals surface area contributed by atoms with Gasteiger partial charge in [0.2, 0.25) is 0 Å². The number of ether oxygens (including phenoxy) is 1. The number of hydrogen-bond acceptors (Lipinski definition) is 5. The molecule has 0 bridgehead atoms. The Labute approximate surface area is 105 Å². The van der Waals surface area contributed by atoms with Gasteiger partial charge in [0.25, 0.3) is 5.89 Å². The minimum atomic E-state index is 0.0860. The first kappa shape index (κ1) is 12.4. The zero-order valence-electron chi connectivity index (χ0n) is 10.7. The molecule has 1 N–H and O–H groups in total. The molecule has 1 aromatic heterocycles. The summed E-state index contributed by atoms with van der Waals surface area (Å²) in [6.45, 7) is 4.12. The minimum Gasteiger partial charge on any atom is -0.504 e. The molecule has 1 heterocycles. The van der Waals surface area contributed by atoms with Crippen LogP contribution in [0, 0.1) is 0 Å². The molecule has 0 saturated carbocycles. The Bertz CT molecular complexity index is 537. The Morgan fingerprint density at radius 2 is 2.22 bits per heavy atom. The van der Waals surface area contributed by atoms with Gasteiger partial charge in [0.15, 0.2) is 17.3 Å². The van der Waals surface area contributed by atoms with Crippen molar-refractivity contribution in [2.24, 2.45) is 0 Å². The molecule has 0 fully saturated rings. The fourth-order valence-electron chi connectivity index (χ4n) is 1.55. The van der Waals surface area contributed by atoms with E-state index in [0.717, 1.165) is 12.0 Å². The van der Waals surface area contributed by atoms with Gasteiger partial charge >= 0.3 is 0 Å². The fourth-order valence-corrected chi connectivity index (χ4v) is 1.55. The number of benzene rings is 1. The Hall–Kier alpha value is -2.04. The zero-order valence-corrected chi connectivity index (χ0v) is 10.7. The van der Waals surface area contributed by atoms with Crippen LogP contribution in [0.4, 0.5) is 0 Å². The van der Waals surface area contributed by atoms with E-state index in [1.807, 2.05) is 6.92 Å². The van der Waals surface area contributed by atoms with Crippen LogP contribution in [0.2, 0.25) is 0 Å². The lowest BCUT2D eigenvalue weighted by molar-refractivity contribution is 0.373. The van der Waals surface area contributed by atoms with Gasteiger partial charge in [-0.15, -0.1) is 0 Å². The molecule has 1 atom stereocenters. The van der Waals surface area contributed by atoms with Crippen molar-refractivity contribution in [2.45, 2.75) is 26.2 Å². The molecule has 0 amide bonds. The van der Waals surface area contributed by atoms with Gasteiger partial charge in [0, 0.05) is 11.5 Å². The molecule has 5 nitrogen and oxygen atoms in total. The number of hydrogen-bond donors (Lipinski definition) is 1. The lowest BCUT2D eigenvalue weighted by Gasteiger charge is -2.03. The smallest absolute Gasteiger partial charge is 0.258 e. The van der Waals surface area contributed by atoms with Crippen LogP contribution in [-0.2, 0) is 0 Å². The van der Waals surface area contributed by atoms with Crippen LogP contribution < -0.4 is 4.74 Å². The lowest BCUT2D eigenvalue weighted by Crippen LogP contribution is -1.93. The standard InChI is InChI=1S/C13H16N2O3/c1-4-8(2)12-14-13(18-15-12)9-5-6-10(16)11(7-9)17-3/h5-8,16H,4H2,1-3H3. The van der Waals surface area contributed by atoms with Gasteiger partial charge in [-0.1, -0.05) is 19.0 Å². The van der Waals surface area contributed by atoms with Crippen LogP contribution in [0.1, 0.15) is 32.0 Å². The van der Waals surface area contributed by atoms with Crippen molar-refractivity contribution in [3.05, 3.63) is 24.0 Å². The molecule has 0 saturated heterocycles. The molecule has 2 aromatic rings. The molecule has 0 aliphatic carbocycles. The number of nitrogens with zero attached hydrogens (tertiary/aromatic N) is 2. The predicted octanol–water partition coefficient (Wildman–Crippen LogP) is 2.96. The monoisotopic (exact) mass is 248 g/mol. The summed E-state index contributed by atoms with van der Waals surface area (Å²) >= 11 is 0. The minimum absolute atomic E-state index is 0.0860. The van der Waals surface area contributed by atoms with Crippen LogP contribution in [0.3, 0.4) is 0 Å². The third-order valence-corrected chi connectivity index (χ3v) is 2.92. The molecule has 0 aliphatic heterocycles. The second-order valence-electron chi connectivity index (χ2n) is 4.15. The highest BCUT2D eigenvalue weighted by Crippen LogP contribution is 2.31. The molecule has 0 radical (unpaired) electrons. The maximum atomic E-state index is 9.52. The summed E-state index contributed by atoms with van der Waals surface area (Å²) in [6.07, 6.45) is 0.956. The van der Waals surface area contributed by atoms with Crippen molar-refractivity contribution < 1.29 is 14.4 Å². The summed E-state index contributed by atoms with van der Waals surface area (Å²) in [5.41, 5.74) is 0.728. The van der Waals surface area contributed by atoms with E-state index >= 15 is 0 Å². The highest BCUT2D eigenvalue weighted by Gasteiger charge is 2.14. The number of phenols is 1. The fraction of sp³-hybridized carbons (Fsp3) is 0.385. The van der Waals surface area contributed by atoms with Gasteiger partial charge in [-0.05, 0) is 24.6 Å². The molecular weight excluding hydrogens is 232 g/mol. The number of methoxy groups -OCH3 is 1. The zero-order chi connectivity index (χ0) is 13.1. The highest BCUT2D eigenvalue weighted by molar-refractivity contribution is 5.59. The van der Waals surface area contributed by atoms with E-state index < -0.39 is 0 Å². The van der Waals surface area contributed by atoms with Crippen LogP contribution in [-0.4, -0.2) is 22.4 Å². The molecule has 18 heavy (non-hydrogen) atoms. The first-order chi connectivity index (χ1) is 8.65. The first-order valence-electron chi connectivity index (χ1n) is 5.86. The van der Waals surface area contributed by atoms with Gasteiger partial charge in [-0.2, -0.15) is 4.98 Å². The molecule has 2 rings (SSSR count). The van der Waals surface area contributed by atoms with Crippen molar-refractivity contribution >= 4 is 0 Å². The summed E-state index contributed by atoms with van der Waals surface area (Å²) in [4.78, 5) is 4.34. The molecule has 96 valence electrons. The SMILES string of the molecule is CCC(C)c1noc(-c2ccc(O)c(OC)c2)n1. The quantitative estimate of drug-likeness (QED) is 0.900. The maximum absolute atomic E-state index is 9.52. The molecular formula is C13H16N2O3. The number of rotatable bonds is 4. The average Bonchev–Trinajstić information content (AvgIpc) is 2.88. The third-order valence-electron chi connectivity index (χ3n) is 2.92. The van der Waals surface area contributed by atoms with Crippen molar-refractivity contribution in [2.75, 3.05) is 7.11 Å². The number of aromatic nitrogens is 2. The Balaban J connectivity index is 2.34. The maximum Gasteiger partial charge on any atom is 0.258 e. The topological polar surface area (TPSA) is 68.4 Å². The van der Waals surface area contributed by atoms with E-state index in [2.05, 4.69) is 17.1 Å². The normalized spacial score (nSPS) is 12.4. The van der Waals surface area contributed by atoms with E-state index in [1.165, 1.54) is 7.11 Å². The van der Waals surface area contributed by atoms with E-state index in [4.69, 9.17) is 9.26 Å².